The van der Waals surface area contributed by atoms with Crippen molar-refractivity contribution in [1.29, 1.82) is 0 Å². The molecule has 1 saturated carbocycles. The van der Waals surface area contributed by atoms with Crippen LogP contribution in [0.2, 0.25) is 0 Å². The van der Waals surface area contributed by atoms with E-state index in [1.54, 1.807) is 0 Å². The zero-order chi connectivity index (χ0) is 29.5. The molecule has 10 heteroatoms. The van der Waals surface area contributed by atoms with Gasteiger partial charge < -0.3 is 39.6 Å². The van der Waals surface area contributed by atoms with Gasteiger partial charge in [-0.3, -0.25) is 4.79 Å². The number of aliphatic hydroxyl groups is 3. The monoisotopic (exact) mass is 579 g/mol. The molecule has 2 aliphatic carbocycles. The molecule has 0 spiro atoms. The molecule has 10 nitrogen and oxygen atoms in total. The highest BCUT2D eigenvalue weighted by molar-refractivity contribution is 5.87. The first-order valence-electron chi connectivity index (χ1n) is 14.7. The molecule has 2 heterocycles. The molecule has 5 N–H and O–H groups in total. The average molecular weight is 580 g/mol. The van der Waals surface area contributed by atoms with Crippen molar-refractivity contribution in [2.45, 2.75) is 101 Å². The molecule has 1 saturated heterocycles. The number of hydrogen-bond acceptors (Lipinski definition) is 8. The highest BCUT2D eigenvalue weighted by Gasteiger charge is 2.48. The second-order valence-corrected chi connectivity index (χ2v) is 11.9. The van der Waals surface area contributed by atoms with E-state index >= 15 is 0 Å². The van der Waals surface area contributed by atoms with E-state index in [1.807, 2.05) is 18.2 Å². The first kappa shape index (κ1) is 28.7. The molecule has 3 aliphatic rings. The van der Waals surface area contributed by atoms with E-state index in [1.165, 1.54) is 36.8 Å². The maximum atomic E-state index is 12.8. The number of esters is 1. The van der Waals surface area contributed by atoms with E-state index in [2.05, 4.69) is 30.1 Å². The fourth-order valence-corrected chi connectivity index (χ4v) is 6.84. The van der Waals surface area contributed by atoms with E-state index in [0.717, 1.165) is 39.9 Å². The van der Waals surface area contributed by atoms with Gasteiger partial charge in [0, 0.05) is 22.5 Å². The van der Waals surface area contributed by atoms with Gasteiger partial charge in [0.1, 0.15) is 30.7 Å². The number of H-pyrrole nitrogens is 1. The predicted octanol–water partition coefficient (Wildman–Crippen LogP) is 3.57. The molecule has 6 rings (SSSR count). The van der Waals surface area contributed by atoms with Crippen LogP contribution < -0.4 is 4.74 Å². The number of aliphatic hydroxyl groups excluding tert-OH is 3. The number of rotatable bonds is 8. The molecule has 224 valence electrons. The van der Waals surface area contributed by atoms with Gasteiger partial charge in [0.25, 0.3) is 0 Å². The van der Waals surface area contributed by atoms with Gasteiger partial charge in [0.15, 0.2) is 6.10 Å². The summed E-state index contributed by atoms with van der Waals surface area (Å²) in [6.45, 7) is 2.66. The van der Waals surface area contributed by atoms with Crippen LogP contribution in [0.5, 0.6) is 5.75 Å². The number of aryl methyl sites for hydroxylation is 2. The lowest BCUT2D eigenvalue weighted by Gasteiger charge is -2.38. The highest BCUT2D eigenvalue weighted by Crippen LogP contribution is 2.41. The summed E-state index contributed by atoms with van der Waals surface area (Å²) in [7, 11) is 0. The van der Waals surface area contributed by atoms with Crippen LogP contribution in [0.15, 0.2) is 36.4 Å². The molecule has 0 bridgehead atoms. The molecule has 1 aliphatic heterocycles. The topological polar surface area (TPSA) is 159 Å². The number of nitrogens with one attached hydrogen (secondary N) is 1. The van der Waals surface area contributed by atoms with E-state index in [9.17, 15) is 30.0 Å². The van der Waals surface area contributed by atoms with Crippen molar-refractivity contribution in [2.24, 2.45) is 0 Å². The van der Waals surface area contributed by atoms with Crippen LogP contribution in [0.25, 0.3) is 10.9 Å². The predicted molar refractivity (Wildman–Crippen MR) is 151 cm³/mol. The lowest BCUT2D eigenvalue weighted by molar-refractivity contribution is -0.286. The maximum absolute atomic E-state index is 12.8. The zero-order valence-electron chi connectivity index (χ0n) is 23.5. The molecular formula is C32H37NO9. The SMILES string of the molecule is Cc1cc(COc2ccc3[nH]c4c(c3c2)CC[C@H]4CC(=O)O[C@@H]2O[C@H](C(=O)O)[C@@H](O)[C@H](O)[C@H]2O)ccc1C1CCCC1. The van der Waals surface area contributed by atoms with E-state index in [-0.39, 0.29) is 12.3 Å². The number of benzene rings is 2. The second-order valence-electron chi connectivity index (χ2n) is 11.9. The summed E-state index contributed by atoms with van der Waals surface area (Å²) in [5.74, 6) is -0.966. The Labute approximate surface area is 243 Å². The summed E-state index contributed by atoms with van der Waals surface area (Å²) in [4.78, 5) is 27.5. The number of carboxylic acid groups (broad SMARTS) is 1. The molecule has 2 aromatic carbocycles. The van der Waals surface area contributed by atoms with E-state index in [0.29, 0.717) is 18.9 Å². The van der Waals surface area contributed by atoms with Gasteiger partial charge in [-0.15, -0.1) is 0 Å². The standard InChI is InChI=1S/C32H37NO9/c1-16-12-17(6-9-21(16)18-4-2-3-5-18)15-40-20-8-11-24-23(14-20)22-10-7-19(26(22)33-24)13-25(34)41-32-29(37)27(35)28(36)30(42-32)31(38)39/h6,8-9,11-12,14,18-19,27-30,32-33,35-37H,2-5,7,10,13,15H2,1H3,(H,38,39)/t19-,27-,28-,29+,30-,32+/m0/s1. The molecule has 42 heavy (non-hydrogen) atoms. The molecule has 0 radical (unpaired) electrons. The summed E-state index contributed by atoms with van der Waals surface area (Å²) in [6.07, 6.45) is -2.37. The van der Waals surface area contributed by atoms with Crippen LogP contribution in [0.1, 0.15) is 78.3 Å². The Morgan fingerprint density at radius 1 is 1.00 bits per heavy atom. The molecule has 0 unspecified atom stereocenters. The minimum Gasteiger partial charge on any atom is -0.489 e. The van der Waals surface area contributed by atoms with Gasteiger partial charge >= 0.3 is 11.9 Å². The van der Waals surface area contributed by atoms with Crippen LogP contribution >= 0.6 is 0 Å². The Hall–Kier alpha value is -3.44. The fraction of sp³-hybridized carbons (Fsp3) is 0.500. The van der Waals surface area contributed by atoms with Gasteiger partial charge in [0.05, 0.1) is 6.42 Å². The maximum Gasteiger partial charge on any atom is 0.335 e. The summed E-state index contributed by atoms with van der Waals surface area (Å²) < 4.78 is 16.5. The molecule has 2 fully saturated rings. The highest BCUT2D eigenvalue weighted by atomic mass is 16.7. The normalized spacial score (nSPS) is 27.7. The third-order valence-electron chi connectivity index (χ3n) is 9.07. The summed E-state index contributed by atoms with van der Waals surface area (Å²) >= 11 is 0. The van der Waals surface area contributed by atoms with E-state index < -0.39 is 42.6 Å². The third-order valence-corrected chi connectivity index (χ3v) is 9.07. The number of carbonyl (C=O) groups excluding carboxylic acids is 1. The lowest BCUT2D eigenvalue weighted by Crippen LogP contribution is -2.60. The largest absolute Gasteiger partial charge is 0.489 e. The lowest BCUT2D eigenvalue weighted by atomic mass is 9.92. The van der Waals surface area contributed by atoms with Crippen molar-refractivity contribution in [3.8, 4) is 5.75 Å². The van der Waals surface area contributed by atoms with Crippen molar-refractivity contribution in [1.82, 2.24) is 4.98 Å². The Morgan fingerprint density at radius 3 is 2.52 bits per heavy atom. The van der Waals surface area contributed by atoms with Crippen molar-refractivity contribution in [2.75, 3.05) is 0 Å². The number of carbonyl (C=O) groups is 2. The van der Waals surface area contributed by atoms with Gasteiger partial charge in [-0.05, 0) is 79.0 Å². The molecule has 1 aromatic heterocycles. The minimum atomic E-state index is -1.85. The van der Waals surface area contributed by atoms with Crippen LogP contribution in [-0.4, -0.2) is 68.1 Å². The Balaban J connectivity index is 1.09. The number of fused-ring (bicyclic) bond motifs is 3. The van der Waals surface area contributed by atoms with Crippen LogP contribution in [0.3, 0.4) is 0 Å². The smallest absolute Gasteiger partial charge is 0.335 e. The number of aliphatic carboxylic acids is 1. The number of hydrogen-bond donors (Lipinski definition) is 5. The van der Waals surface area contributed by atoms with Crippen LogP contribution in [0, 0.1) is 6.92 Å². The van der Waals surface area contributed by atoms with Gasteiger partial charge in [-0.2, -0.15) is 0 Å². The van der Waals surface area contributed by atoms with Crippen molar-refractivity contribution >= 4 is 22.8 Å². The van der Waals surface area contributed by atoms with Gasteiger partial charge in [-0.25, -0.2) is 4.79 Å². The first-order valence-corrected chi connectivity index (χ1v) is 14.7. The number of aromatic amines is 1. The Bertz CT molecular complexity index is 1480. The molecule has 3 aromatic rings. The number of aromatic nitrogens is 1. The minimum absolute atomic E-state index is 0.0254. The summed E-state index contributed by atoms with van der Waals surface area (Å²) in [5.41, 5.74) is 6.91. The summed E-state index contributed by atoms with van der Waals surface area (Å²) in [6, 6.07) is 12.6. The first-order chi connectivity index (χ1) is 20.2. The quantitative estimate of drug-likeness (QED) is 0.252. The number of ether oxygens (including phenoxy) is 3. The number of carboxylic acids is 1. The second kappa shape index (κ2) is 11.7. The van der Waals surface area contributed by atoms with Crippen LogP contribution in [-0.2, 0) is 32.1 Å². The fourth-order valence-electron chi connectivity index (χ4n) is 6.84. The zero-order valence-corrected chi connectivity index (χ0v) is 23.5. The van der Waals surface area contributed by atoms with E-state index in [4.69, 9.17) is 14.2 Å². The van der Waals surface area contributed by atoms with Gasteiger partial charge in [0.2, 0.25) is 6.29 Å². The molecule has 0 amide bonds. The van der Waals surface area contributed by atoms with Crippen molar-refractivity contribution in [3.63, 3.8) is 0 Å². The van der Waals surface area contributed by atoms with Gasteiger partial charge in [-0.1, -0.05) is 31.0 Å². The summed E-state index contributed by atoms with van der Waals surface area (Å²) in [5, 5.41) is 40.2. The Morgan fingerprint density at radius 2 is 1.79 bits per heavy atom. The third kappa shape index (κ3) is 5.51. The van der Waals surface area contributed by atoms with Crippen molar-refractivity contribution < 1.29 is 44.2 Å². The average Bonchev–Trinajstić information content (AvgIpc) is 3.71. The molecule has 6 atom stereocenters. The van der Waals surface area contributed by atoms with Crippen LogP contribution in [0.4, 0.5) is 0 Å². The molecular weight excluding hydrogens is 542 g/mol. The van der Waals surface area contributed by atoms with Crippen molar-refractivity contribution in [3.05, 3.63) is 64.3 Å². The Kier molecular flexibility index (Phi) is 7.97.